The zero-order valence-corrected chi connectivity index (χ0v) is 18.4. The molecule has 0 saturated carbocycles. The van der Waals surface area contributed by atoms with E-state index in [1.165, 1.54) is 27.1 Å². The van der Waals surface area contributed by atoms with Crippen LogP contribution >= 0.6 is 0 Å². The maximum Gasteiger partial charge on any atom is 0.0991 e. The van der Waals surface area contributed by atoms with Crippen molar-refractivity contribution in [1.29, 1.82) is 10.5 Å². The fraction of sp³-hybridized carbons (Fsp3) is 0. The smallest absolute Gasteiger partial charge is 0.0991 e. The Bertz CT molecular complexity index is 1600. The molecule has 0 heterocycles. The molecular formula is C32H20N2. The van der Waals surface area contributed by atoms with Gasteiger partial charge < -0.3 is 0 Å². The molecule has 158 valence electrons. The summed E-state index contributed by atoms with van der Waals surface area (Å²) in [5.74, 6) is 0. The fourth-order valence-electron chi connectivity index (χ4n) is 4.29. The summed E-state index contributed by atoms with van der Waals surface area (Å²) >= 11 is 0. The first-order valence-electron chi connectivity index (χ1n) is 11.1. The summed E-state index contributed by atoms with van der Waals surface area (Å²) in [5, 5.41) is 23.0. The van der Waals surface area contributed by atoms with E-state index in [4.69, 9.17) is 5.26 Å². The van der Waals surface area contributed by atoms with Crippen LogP contribution in [-0.2, 0) is 0 Å². The topological polar surface area (TPSA) is 47.6 Å². The molecule has 0 fully saturated rings. The minimum Gasteiger partial charge on any atom is -0.192 e. The lowest BCUT2D eigenvalue weighted by molar-refractivity contribution is 1.48. The van der Waals surface area contributed by atoms with Gasteiger partial charge in [-0.3, -0.25) is 0 Å². The predicted octanol–water partition coefficient (Wildman–Crippen LogP) is 8.08. The molecule has 0 aliphatic heterocycles. The number of nitrogens with zero attached hydrogens (tertiary/aromatic N) is 2. The van der Waals surface area contributed by atoms with Crippen LogP contribution in [-0.4, -0.2) is 0 Å². The van der Waals surface area contributed by atoms with Gasteiger partial charge in [0.05, 0.1) is 23.3 Å². The molecule has 0 atom stereocenters. The molecule has 0 bridgehead atoms. The molecule has 5 aromatic rings. The first-order valence-corrected chi connectivity index (χ1v) is 11.1. The van der Waals surface area contributed by atoms with E-state index < -0.39 is 0 Å². The van der Waals surface area contributed by atoms with E-state index in [2.05, 4.69) is 85.0 Å². The van der Waals surface area contributed by atoms with Gasteiger partial charge in [0.2, 0.25) is 0 Å². The molecule has 2 heteroatoms. The third kappa shape index (κ3) is 4.09. The van der Waals surface area contributed by atoms with Crippen molar-refractivity contribution in [3.8, 4) is 12.1 Å². The van der Waals surface area contributed by atoms with Gasteiger partial charge in [-0.25, -0.2) is 0 Å². The monoisotopic (exact) mass is 432 g/mol. The fourth-order valence-corrected chi connectivity index (χ4v) is 4.29. The summed E-state index contributed by atoms with van der Waals surface area (Å²) in [4.78, 5) is 0. The third-order valence-electron chi connectivity index (χ3n) is 5.96. The van der Waals surface area contributed by atoms with Crippen molar-refractivity contribution in [3.63, 3.8) is 0 Å². The Hall–Kier alpha value is -4.92. The van der Waals surface area contributed by atoms with Crippen molar-refractivity contribution >= 4 is 45.8 Å². The minimum atomic E-state index is 0.653. The Morgan fingerprint density at radius 2 is 0.941 bits per heavy atom. The van der Waals surface area contributed by atoms with Gasteiger partial charge in [-0.1, -0.05) is 97.1 Å². The van der Waals surface area contributed by atoms with Gasteiger partial charge in [0.15, 0.2) is 0 Å². The van der Waals surface area contributed by atoms with Gasteiger partial charge in [-0.05, 0) is 68.1 Å². The summed E-state index contributed by atoms with van der Waals surface area (Å²) in [6.07, 6.45) is 8.48. The van der Waals surface area contributed by atoms with Gasteiger partial charge in [-0.15, -0.1) is 0 Å². The first kappa shape index (κ1) is 21.0. The Labute approximate surface area is 199 Å². The maximum absolute atomic E-state index is 9.22. The highest BCUT2D eigenvalue weighted by Crippen LogP contribution is 2.35. The van der Waals surface area contributed by atoms with E-state index in [1.54, 1.807) is 0 Å². The molecule has 0 amide bonds. The highest BCUT2D eigenvalue weighted by atomic mass is 14.2. The van der Waals surface area contributed by atoms with E-state index in [9.17, 15) is 5.26 Å². The molecule has 34 heavy (non-hydrogen) atoms. The minimum absolute atomic E-state index is 0.653. The molecule has 0 spiro atoms. The van der Waals surface area contributed by atoms with Crippen molar-refractivity contribution in [2.75, 3.05) is 0 Å². The Kier molecular flexibility index (Phi) is 5.73. The van der Waals surface area contributed by atoms with Crippen molar-refractivity contribution in [3.05, 3.63) is 130 Å². The first-order chi connectivity index (χ1) is 16.8. The largest absolute Gasteiger partial charge is 0.192 e. The number of rotatable bonds is 4. The third-order valence-corrected chi connectivity index (χ3v) is 5.96. The molecular weight excluding hydrogens is 412 g/mol. The Morgan fingerprint density at radius 3 is 1.44 bits per heavy atom. The van der Waals surface area contributed by atoms with E-state index in [0.717, 1.165) is 16.7 Å². The molecule has 0 N–H and O–H groups in total. The van der Waals surface area contributed by atoms with Crippen LogP contribution in [0.1, 0.15) is 33.4 Å². The number of hydrogen-bond donors (Lipinski definition) is 0. The quantitative estimate of drug-likeness (QED) is 0.213. The van der Waals surface area contributed by atoms with Crippen LogP contribution in [0.15, 0.2) is 97.1 Å². The van der Waals surface area contributed by atoms with Crippen molar-refractivity contribution in [2.45, 2.75) is 0 Å². The van der Waals surface area contributed by atoms with Crippen LogP contribution in [0.25, 0.3) is 45.8 Å². The van der Waals surface area contributed by atoms with Gasteiger partial charge in [0, 0.05) is 0 Å². The zero-order valence-electron chi connectivity index (χ0n) is 18.4. The van der Waals surface area contributed by atoms with Gasteiger partial charge >= 0.3 is 0 Å². The van der Waals surface area contributed by atoms with Gasteiger partial charge in [0.1, 0.15) is 0 Å². The predicted molar refractivity (Wildman–Crippen MR) is 142 cm³/mol. The van der Waals surface area contributed by atoms with E-state index in [0.29, 0.717) is 11.1 Å². The van der Waals surface area contributed by atoms with Gasteiger partial charge in [-0.2, -0.15) is 10.5 Å². The summed E-state index contributed by atoms with van der Waals surface area (Å²) in [6, 6.07) is 36.5. The van der Waals surface area contributed by atoms with Crippen LogP contribution in [0.4, 0.5) is 0 Å². The van der Waals surface area contributed by atoms with Crippen molar-refractivity contribution in [1.82, 2.24) is 0 Å². The molecule has 5 rings (SSSR count). The van der Waals surface area contributed by atoms with Crippen molar-refractivity contribution < 1.29 is 0 Å². The van der Waals surface area contributed by atoms with Crippen LogP contribution in [0, 0.1) is 22.7 Å². The lowest BCUT2D eigenvalue weighted by Gasteiger charge is -2.13. The molecule has 0 radical (unpaired) electrons. The number of benzene rings is 5. The van der Waals surface area contributed by atoms with Gasteiger partial charge in [0.25, 0.3) is 0 Å². The molecule has 0 unspecified atom stereocenters. The number of fused-ring (bicyclic) bond motifs is 2. The van der Waals surface area contributed by atoms with E-state index in [1.807, 2.05) is 48.5 Å². The maximum atomic E-state index is 9.22. The summed E-state index contributed by atoms with van der Waals surface area (Å²) < 4.78 is 0. The molecule has 0 saturated heterocycles. The van der Waals surface area contributed by atoms with Crippen LogP contribution in [0.2, 0.25) is 0 Å². The second-order valence-corrected chi connectivity index (χ2v) is 8.06. The second kappa shape index (κ2) is 9.29. The summed E-state index contributed by atoms with van der Waals surface area (Å²) in [6.45, 7) is 0. The average Bonchev–Trinajstić information content (AvgIpc) is 2.91. The molecule has 0 aliphatic carbocycles. The number of nitriles is 2. The summed E-state index contributed by atoms with van der Waals surface area (Å²) in [5.41, 5.74) is 5.68. The molecule has 2 nitrogen and oxygen atoms in total. The van der Waals surface area contributed by atoms with E-state index >= 15 is 0 Å². The molecule has 0 aliphatic rings. The highest BCUT2D eigenvalue weighted by Gasteiger charge is 2.10. The lowest BCUT2D eigenvalue weighted by atomic mass is 9.90. The van der Waals surface area contributed by atoms with E-state index in [-0.39, 0.29) is 0 Å². The molecule has 5 aromatic carbocycles. The van der Waals surface area contributed by atoms with Crippen LogP contribution in [0.5, 0.6) is 0 Å². The molecule has 0 aromatic heterocycles. The lowest BCUT2D eigenvalue weighted by Crippen LogP contribution is -1.88. The zero-order chi connectivity index (χ0) is 23.3. The standard InChI is InChI=1S/C32H20N2/c33-21-25-14-12-23(13-15-25)16-18-31-27-8-1-3-10-29(27)32(30-11-4-2-9-28(30)31)19-17-24-6-5-7-26(20-24)22-34/h1-20H. The normalized spacial score (nSPS) is 11.2. The SMILES string of the molecule is N#Cc1ccc(C=Cc2c3ccccc3c(C=Cc3cccc(C#N)c3)c3ccccc23)cc1. The van der Waals surface area contributed by atoms with Crippen LogP contribution < -0.4 is 0 Å². The van der Waals surface area contributed by atoms with Crippen LogP contribution in [0.3, 0.4) is 0 Å². The Balaban J connectivity index is 1.68. The van der Waals surface area contributed by atoms with Crippen molar-refractivity contribution in [2.24, 2.45) is 0 Å². The second-order valence-electron chi connectivity index (χ2n) is 8.06. The summed E-state index contributed by atoms with van der Waals surface area (Å²) in [7, 11) is 0. The number of hydrogen-bond acceptors (Lipinski definition) is 2. The Morgan fingerprint density at radius 1 is 0.441 bits per heavy atom. The highest BCUT2D eigenvalue weighted by molar-refractivity contribution is 6.14. The average molecular weight is 433 g/mol.